The summed E-state index contributed by atoms with van der Waals surface area (Å²) in [5.41, 5.74) is 0. The number of phenols is 2. The summed E-state index contributed by atoms with van der Waals surface area (Å²) in [6, 6.07) is 6.15. The van der Waals surface area contributed by atoms with Crippen LogP contribution in [-0.2, 0) is 4.79 Å². The standard InChI is InChI=1S/C6H6O2.C2H4O2.Na/c7-5-3-1-2-4-6(5)8;1-2(3)4;/h1-4,7-8H;1H3,(H,3,4);/q;;+1/p-1. The van der Waals surface area contributed by atoms with Crippen LogP contribution in [0.1, 0.15) is 6.92 Å². The number of aromatic hydroxyl groups is 2. The molecule has 0 saturated heterocycles. The minimum absolute atomic E-state index is 0. The molecule has 13 heavy (non-hydrogen) atoms. The Labute approximate surface area is 98.1 Å². The first kappa shape index (κ1) is 14.8. The van der Waals surface area contributed by atoms with Gasteiger partial charge in [0.25, 0.3) is 0 Å². The number of carboxylic acids is 1. The van der Waals surface area contributed by atoms with Crippen LogP contribution in [0.15, 0.2) is 24.3 Å². The third-order valence-electron chi connectivity index (χ3n) is 0.882. The average Bonchev–Trinajstić information content (AvgIpc) is 1.94. The molecule has 66 valence electrons. The van der Waals surface area contributed by atoms with E-state index < -0.39 is 5.97 Å². The van der Waals surface area contributed by atoms with Crippen molar-refractivity contribution < 1.29 is 49.7 Å². The normalized spacial score (nSPS) is 7.46. The molecule has 0 amide bonds. The van der Waals surface area contributed by atoms with Crippen molar-refractivity contribution in [2.24, 2.45) is 0 Å². The van der Waals surface area contributed by atoms with Gasteiger partial charge in [-0.15, -0.1) is 0 Å². The first-order chi connectivity index (χ1) is 5.54. The fraction of sp³-hybridized carbons (Fsp3) is 0.125. The number of hydrogen-bond acceptors (Lipinski definition) is 4. The van der Waals surface area contributed by atoms with Gasteiger partial charge in [-0.05, 0) is 19.1 Å². The molecule has 0 fully saturated rings. The number of para-hydroxylation sites is 2. The van der Waals surface area contributed by atoms with Gasteiger partial charge in [-0.1, -0.05) is 12.1 Å². The van der Waals surface area contributed by atoms with Gasteiger partial charge in [0.15, 0.2) is 11.5 Å². The summed E-state index contributed by atoms with van der Waals surface area (Å²) in [6.07, 6.45) is 0. The number of aliphatic carboxylic acids is 1. The quantitative estimate of drug-likeness (QED) is 0.336. The Morgan fingerprint density at radius 1 is 1.23 bits per heavy atom. The summed E-state index contributed by atoms with van der Waals surface area (Å²) in [4.78, 5) is 8.89. The zero-order chi connectivity index (χ0) is 9.56. The molecular weight excluding hydrogens is 183 g/mol. The number of carboxylic acid groups (broad SMARTS) is 1. The van der Waals surface area contributed by atoms with Gasteiger partial charge in [-0.2, -0.15) is 0 Å². The number of phenolic OH excluding ortho intramolecular Hbond substituents is 2. The first-order valence-corrected chi connectivity index (χ1v) is 3.18. The van der Waals surface area contributed by atoms with Gasteiger partial charge in [-0.25, -0.2) is 0 Å². The Hall–Kier alpha value is -0.710. The van der Waals surface area contributed by atoms with Crippen molar-refractivity contribution >= 4 is 5.97 Å². The summed E-state index contributed by atoms with van der Waals surface area (Å²) in [5.74, 6) is -1.24. The maximum Gasteiger partial charge on any atom is 1.00 e. The maximum atomic E-state index is 8.89. The van der Waals surface area contributed by atoms with Crippen molar-refractivity contribution in [1.29, 1.82) is 0 Å². The van der Waals surface area contributed by atoms with Crippen molar-refractivity contribution in [3.63, 3.8) is 0 Å². The fourth-order valence-electron chi connectivity index (χ4n) is 0.464. The molecule has 4 nitrogen and oxygen atoms in total. The molecule has 2 N–H and O–H groups in total. The Balaban J connectivity index is 0. The van der Waals surface area contributed by atoms with E-state index in [1.54, 1.807) is 12.1 Å². The van der Waals surface area contributed by atoms with Crippen LogP contribution in [0.3, 0.4) is 0 Å². The zero-order valence-electron chi connectivity index (χ0n) is 7.52. The molecule has 0 aliphatic heterocycles. The van der Waals surface area contributed by atoms with E-state index in [-0.39, 0.29) is 41.1 Å². The molecule has 1 rings (SSSR count). The van der Waals surface area contributed by atoms with Crippen LogP contribution in [0.5, 0.6) is 11.5 Å². The van der Waals surface area contributed by atoms with Gasteiger partial charge in [0, 0.05) is 5.97 Å². The molecule has 1 aromatic rings. The second-order valence-electron chi connectivity index (χ2n) is 1.98. The second kappa shape index (κ2) is 7.91. The zero-order valence-corrected chi connectivity index (χ0v) is 9.52. The molecule has 0 aliphatic rings. The smallest absolute Gasteiger partial charge is 0.550 e. The van der Waals surface area contributed by atoms with E-state index in [1.807, 2.05) is 0 Å². The number of hydrogen-bond donors (Lipinski definition) is 2. The SMILES string of the molecule is CC(=O)[O-].Oc1ccccc1O.[Na+]. The molecular formula is C8H9NaO4. The third-order valence-corrected chi connectivity index (χ3v) is 0.882. The van der Waals surface area contributed by atoms with Crippen LogP contribution < -0.4 is 34.7 Å². The Morgan fingerprint density at radius 2 is 1.46 bits per heavy atom. The Kier molecular flexibility index (Phi) is 9.01. The summed E-state index contributed by atoms with van der Waals surface area (Å²) < 4.78 is 0. The fourth-order valence-corrected chi connectivity index (χ4v) is 0.464. The minimum atomic E-state index is -1.08. The predicted octanol–water partition coefficient (Wildman–Crippen LogP) is -3.14. The van der Waals surface area contributed by atoms with E-state index in [9.17, 15) is 0 Å². The van der Waals surface area contributed by atoms with Crippen molar-refractivity contribution in [1.82, 2.24) is 0 Å². The van der Waals surface area contributed by atoms with E-state index >= 15 is 0 Å². The second-order valence-corrected chi connectivity index (χ2v) is 1.98. The minimum Gasteiger partial charge on any atom is -0.550 e. The first-order valence-electron chi connectivity index (χ1n) is 3.18. The molecule has 0 atom stereocenters. The molecule has 0 aliphatic carbocycles. The Bertz CT molecular complexity index is 237. The van der Waals surface area contributed by atoms with Gasteiger partial charge in [0.1, 0.15) is 0 Å². The number of benzene rings is 1. The van der Waals surface area contributed by atoms with Crippen LogP contribution in [0.2, 0.25) is 0 Å². The van der Waals surface area contributed by atoms with Crippen molar-refractivity contribution in [3.05, 3.63) is 24.3 Å². The van der Waals surface area contributed by atoms with Crippen molar-refractivity contribution in [2.75, 3.05) is 0 Å². The van der Waals surface area contributed by atoms with Crippen molar-refractivity contribution in [2.45, 2.75) is 6.92 Å². The molecule has 0 aromatic heterocycles. The topological polar surface area (TPSA) is 80.6 Å². The third kappa shape index (κ3) is 9.20. The number of carbonyl (C=O) groups excluding carboxylic acids is 1. The number of carbonyl (C=O) groups is 1. The van der Waals surface area contributed by atoms with E-state index in [0.717, 1.165) is 6.92 Å². The van der Waals surface area contributed by atoms with Crippen LogP contribution >= 0.6 is 0 Å². The van der Waals surface area contributed by atoms with E-state index in [0.29, 0.717) is 0 Å². The van der Waals surface area contributed by atoms with Gasteiger partial charge in [-0.3, -0.25) is 0 Å². The maximum absolute atomic E-state index is 8.89. The number of rotatable bonds is 0. The molecule has 0 heterocycles. The molecule has 0 unspecified atom stereocenters. The van der Waals surface area contributed by atoms with Gasteiger partial charge in [0.2, 0.25) is 0 Å². The molecule has 1 aromatic carbocycles. The average molecular weight is 192 g/mol. The molecule has 0 radical (unpaired) electrons. The van der Waals surface area contributed by atoms with E-state index in [1.165, 1.54) is 12.1 Å². The van der Waals surface area contributed by atoms with E-state index in [2.05, 4.69) is 0 Å². The monoisotopic (exact) mass is 192 g/mol. The predicted molar refractivity (Wildman–Crippen MR) is 40.5 cm³/mol. The van der Waals surface area contributed by atoms with E-state index in [4.69, 9.17) is 20.1 Å². The summed E-state index contributed by atoms with van der Waals surface area (Å²) in [7, 11) is 0. The van der Waals surface area contributed by atoms with Crippen molar-refractivity contribution in [3.8, 4) is 11.5 Å². The summed E-state index contributed by atoms with van der Waals surface area (Å²) >= 11 is 0. The molecule has 0 spiro atoms. The van der Waals surface area contributed by atoms with Crippen LogP contribution in [-0.4, -0.2) is 16.2 Å². The van der Waals surface area contributed by atoms with Gasteiger partial charge >= 0.3 is 29.6 Å². The van der Waals surface area contributed by atoms with Crippen LogP contribution in [0.25, 0.3) is 0 Å². The summed E-state index contributed by atoms with van der Waals surface area (Å²) in [5, 5.41) is 26.2. The van der Waals surface area contributed by atoms with Crippen LogP contribution in [0, 0.1) is 0 Å². The molecule has 0 saturated carbocycles. The van der Waals surface area contributed by atoms with Crippen LogP contribution in [0.4, 0.5) is 0 Å². The molecule has 5 heteroatoms. The summed E-state index contributed by atoms with van der Waals surface area (Å²) in [6.45, 7) is 0.972. The largest absolute Gasteiger partial charge is 1.00 e. The Morgan fingerprint density at radius 3 is 1.62 bits per heavy atom. The van der Waals surface area contributed by atoms with Gasteiger partial charge in [0.05, 0.1) is 0 Å². The molecule has 0 bridgehead atoms. The van der Waals surface area contributed by atoms with Gasteiger partial charge < -0.3 is 20.1 Å².